The molecule has 0 spiro atoms. The van der Waals surface area contributed by atoms with Gasteiger partial charge in [0.05, 0.1) is 0 Å². The quantitative estimate of drug-likeness (QED) is 0.433. The minimum atomic E-state index is -0.0975. The molecule has 1 aliphatic heterocycles. The molecule has 1 fully saturated rings. The van der Waals surface area contributed by atoms with Gasteiger partial charge >= 0.3 is 0 Å². The number of likely N-dealkylation sites (tertiary alicyclic amines) is 1. The average molecular weight is 499 g/mol. The topological polar surface area (TPSA) is 55.9 Å². The summed E-state index contributed by atoms with van der Waals surface area (Å²) in [5.41, 5.74) is 4.70. The molecular formula is C31H38N4O2. The molecule has 0 atom stereocenters. The Hall–Kier alpha value is -3.64. The van der Waals surface area contributed by atoms with Gasteiger partial charge in [0.15, 0.2) is 0 Å². The first kappa shape index (κ1) is 26.4. The molecule has 1 N–H and O–H groups in total. The van der Waals surface area contributed by atoms with Crippen molar-refractivity contribution >= 4 is 23.2 Å². The van der Waals surface area contributed by atoms with Crippen molar-refractivity contribution in [3.63, 3.8) is 0 Å². The van der Waals surface area contributed by atoms with Gasteiger partial charge in [-0.2, -0.15) is 0 Å². The standard InChI is InChI=1S/C31H38N4O2/c1-4-34(5-2)31(37)25-14-16-27(17-15-25)35(29-13-9-12-26(22-29)30(36)32-3)28-18-20-33(21-19-28)23-24-10-7-6-8-11-24/h6-17,22,28H,4-5,18-21,23H2,1-3H3,(H,32,36). The van der Waals surface area contributed by atoms with E-state index < -0.39 is 0 Å². The van der Waals surface area contributed by atoms with E-state index in [1.54, 1.807) is 7.05 Å². The number of anilines is 2. The number of amides is 2. The van der Waals surface area contributed by atoms with Crippen LogP contribution in [0.4, 0.5) is 11.4 Å². The molecule has 0 saturated carbocycles. The molecule has 6 nitrogen and oxygen atoms in total. The van der Waals surface area contributed by atoms with Crippen molar-refractivity contribution in [2.75, 3.05) is 38.1 Å². The zero-order valence-corrected chi connectivity index (χ0v) is 22.2. The van der Waals surface area contributed by atoms with Crippen molar-refractivity contribution in [3.8, 4) is 0 Å². The Kier molecular flexibility index (Phi) is 8.96. The summed E-state index contributed by atoms with van der Waals surface area (Å²) in [5, 5.41) is 2.73. The minimum Gasteiger partial charge on any atom is -0.355 e. The molecule has 0 aliphatic carbocycles. The SMILES string of the molecule is CCN(CC)C(=O)c1ccc(N(c2cccc(C(=O)NC)c2)C2CCN(Cc3ccccc3)CC2)cc1. The molecular weight excluding hydrogens is 460 g/mol. The second-order valence-electron chi connectivity index (χ2n) is 9.52. The molecule has 3 aromatic carbocycles. The lowest BCUT2D eigenvalue weighted by Crippen LogP contribution is -2.43. The van der Waals surface area contributed by atoms with E-state index in [1.807, 2.05) is 61.2 Å². The van der Waals surface area contributed by atoms with Crippen LogP contribution in [0.25, 0.3) is 0 Å². The predicted octanol–water partition coefficient (Wildman–Crippen LogP) is 5.33. The van der Waals surface area contributed by atoms with E-state index in [2.05, 4.69) is 51.5 Å². The van der Waals surface area contributed by atoms with Crippen LogP contribution in [0.3, 0.4) is 0 Å². The summed E-state index contributed by atoms with van der Waals surface area (Å²) in [6, 6.07) is 26.7. The van der Waals surface area contributed by atoms with Crippen molar-refractivity contribution in [2.45, 2.75) is 39.3 Å². The van der Waals surface area contributed by atoms with Gasteiger partial charge in [0.25, 0.3) is 11.8 Å². The summed E-state index contributed by atoms with van der Waals surface area (Å²) < 4.78 is 0. The van der Waals surface area contributed by atoms with E-state index in [9.17, 15) is 9.59 Å². The van der Waals surface area contributed by atoms with E-state index in [4.69, 9.17) is 0 Å². The Morgan fingerprint density at radius 1 is 0.838 bits per heavy atom. The number of nitrogens with one attached hydrogen (secondary N) is 1. The summed E-state index contributed by atoms with van der Waals surface area (Å²) in [4.78, 5) is 31.9. The maximum atomic E-state index is 12.9. The number of hydrogen-bond donors (Lipinski definition) is 1. The highest BCUT2D eigenvalue weighted by Crippen LogP contribution is 2.33. The van der Waals surface area contributed by atoms with Crippen molar-refractivity contribution in [2.24, 2.45) is 0 Å². The molecule has 4 rings (SSSR count). The van der Waals surface area contributed by atoms with Gasteiger partial charge in [-0.3, -0.25) is 14.5 Å². The van der Waals surface area contributed by atoms with Gasteiger partial charge in [-0.15, -0.1) is 0 Å². The zero-order chi connectivity index (χ0) is 26.2. The highest BCUT2D eigenvalue weighted by molar-refractivity contribution is 5.96. The number of carbonyl (C=O) groups excluding carboxylic acids is 2. The van der Waals surface area contributed by atoms with E-state index >= 15 is 0 Å². The summed E-state index contributed by atoms with van der Waals surface area (Å²) in [7, 11) is 1.65. The Labute approximate surface area is 220 Å². The van der Waals surface area contributed by atoms with Gasteiger partial charge in [0.2, 0.25) is 0 Å². The Bertz CT molecular complexity index is 1170. The minimum absolute atomic E-state index is 0.0546. The first-order valence-electron chi connectivity index (χ1n) is 13.3. The number of piperidine rings is 1. The molecule has 0 bridgehead atoms. The number of carbonyl (C=O) groups is 2. The molecule has 0 unspecified atom stereocenters. The molecule has 37 heavy (non-hydrogen) atoms. The number of hydrogen-bond acceptors (Lipinski definition) is 4. The molecule has 1 heterocycles. The van der Waals surface area contributed by atoms with Crippen molar-refractivity contribution in [1.29, 1.82) is 0 Å². The second kappa shape index (κ2) is 12.5. The number of benzene rings is 3. The van der Waals surface area contributed by atoms with Gasteiger partial charge < -0.3 is 15.1 Å². The fraction of sp³-hybridized carbons (Fsp3) is 0.355. The van der Waals surface area contributed by atoms with Crippen LogP contribution in [0.15, 0.2) is 78.9 Å². The lowest BCUT2D eigenvalue weighted by Gasteiger charge is -2.40. The third-order valence-electron chi connectivity index (χ3n) is 7.23. The van der Waals surface area contributed by atoms with Crippen LogP contribution in [0.1, 0.15) is 53.0 Å². The molecule has 2 amide bonds. The van der Waals surface area contributed by atoms with Crippen LogP contribution in [0.2, 0.25) is 0 Å². The molecule has 1 aliphatic rings. The van der Waals surface area contributed by atoms with Crippen LogP contribution in [-0.4, -0.2) is 60.9 Å². The van der Waals surface area contributed by atoms with E-state index in [0.29, 0.717) is 24.2 Å². The number of nitrogens with zero attached hydrogens (tertiary/aromatic N) is 3. The monoisotopic (exact) mass is 498 g/mol. The highest BCUT2D eigenvalue weighted by Gasteiger charge is 2.27. The van der Waals surface area contributed by atoms with E-state index in [1.165, 1.54) is 5.56 Å². The fourth-order valence-electron chi connectivity index (χ4n) is 5.15. The van der Waals surface area contributed by atoms with E-state index in [-0.39, 0.29) is 17.9 Å². The van der Waals surface area contributed by atoms with Gasteiger partial charge in [0.1, 0.15) is 0 Å². The Morgan fingerprint density at radius 3 is 2.14 bits per heavy atom. The zero-order valence-electron chi connectivity index (χ0n) is 22.2. The molecule has 0 aromatic heterocycles. The lowest BCUT2D eigenvalue weighted by atomic mass is 9.99. The predicted molar refractivity (Wildman–Crippen MR) is 150 cm³/mol. The Balaban J connectivity index is 1.59. The van der Waals surface area contributed by atoms with Crippen LogP contribution < -0.4 is 10.2 Å². The normalized spacial score (nSPS) is 14.2. The first-order chi connectivity index (χ1) is 18.0. The summed E-state index contributed by atoms with van der Waals surface area (Å²) in [5.74, 6) is -0.0430. The maximum Gasteiger partial charge on any atom is 0.253 e. The Morgan fingerprint density at radius 2 is 1.51 bits per heavy atom. The van der Waals surface area contributed by atoms with Crippen LogP contribution >= 0.6 is 0 Å². The second-order valence-corrected chi connectivity index (χ2v) is 9.52. The van der Waals surface area contributed by atoms with Gasteiger partial charge in [-0.05, 0) is 74.7 Å². The third-order valence-corrected chi connectivity index (χ3v) is 7.23. The molecule has 1 saturated heterocycles. The molecule has 3 aromatic rings. The van der Waals surface area contributed by atoms with Crippen LogP contribution in [0.5, 0.6) is 0 Å². The molecule has 194 valence electrons. The average Bonchev–Trinajstić information content (AvgIpc) is 2.95. The van der Waals surface area contributed by atoms with Crippen LogP contribution in [-0.2, 0) is 6.54 Å². The lowest BCUT2D eigenvalue weighted by molar-refractivity contribution is 0.0772. The fourth-order valence-corrected chi connectivity index (χ4v) is 5.15. The van der Waals surface area contributed by atoms with Crippen LogP contribution in [0, 0.1) is 0 Å². The summed E-state index contributed by atoms with van der Waals surface area (Å²) in [6.07, 6.45) is 2.02. The highest BCUT2D eigenvalue weighted by atomic mass is 16.2. The largest absolute Gasteiger partial charge is 0.355 e. The third kappa shape index (κ3) is 6.38. The van der Waals surface area contributed by atoms with Gasteiger partial charge in [-0.25, -0.2) is 0 Å². The smallest absolute Gasteiger partial charge is 0.253 e. The van der Waals surface area contributed by atoms with Gasteiger partial charge in [0, 0.05) is 68.3 Å². The summed E-state index contributed by atoms with van der Waals surface area (Å²) >= 11 is 0. The van der Waals surface area contributed by atoms with Crippen molar-refractivity contribution < 1.29 is 9.59 Å². The van der Waals surface area contributed by atoms with E-state index in [0.717, 1.165) is 43.9 Å². The van der Waals surface area contributed by atoms with Gasteiger partial charge in [-0.1, -0.05) is 36.4 Å². The van der Waals surface area contributed by atoms with Crippen molar-refractivity contribution in [1.82, 2.24) is 15.1 Å². The number of rotatable bonds is 9. The molecule has 0 radical (unpaired) electrons. The summed E-state index contributed by atoms with van der Waals surface area (Å²) in [6.45, 7) is 8.35. The molecule has 6 heteroatoms. The van der Waals surface area contributed by atoms with Crippen molar-refractivity contribution in [3.05, 3.63) is 95.6 Å². The maximum absolute atomic E-state index is 12.9. The first-order valence-corrected chi connectivity index (χ1v) is 13.3.